The molecule has 4 heteroatoms. The lowest BCUT2D eigenvalue weighted by molar-refractivity contribution is -0.115. The largest absolute Gasteiger partial charge is 0.348 e. The van der Waals surface area contributed by atoms with E-state index in [1.807, 2.05) is 13.8 Å². The maximum atomic E-state index is 11.9. The fourth-order valence-electron chi connectivity index (χ4n) is 2.12. The molecule has 0 spiro atoms. The van der Waals surface area contributed by atoms with Crippen LogP contribution in [-0.2, 0) is 11.2 Å². The van der Waals surface area contributed by atoms with Crippen LogP contribution in [0.5, 0.6) is 0 Å². The highest BCUT2D eigenvalue weighted by atomic mass is 16.1. The van der Waals surface area contributed by atoms with E-state index in [1.54, 1.807) is 12.5 Å². The Morgan fingerprint density at radius 1 is 1.28 bits per heavy atom. The highest BCUT2D eigenvalue weighted by Gasteiger charge is 2.09. The smallest absolute Gasteiger partial charge is 0.230 e. The number of aryl methyl sites for hydroxylation is 3. The molecule has 0 aliphatic carbocycles. The summed E-state index contributed by atoms with van der Waals surface area (Å²) < 4.78 is 0. The van der Waals surface area contributed by atoms with Gasteiger partial charge in [0.05, 0.1) is 12.7 Å². The molecule has 0 bridgehead atoms. The lowest BCUT2D eigenvalue weighted by atomic mass is 10.0. The minimum atomic E-state index is -0.0331. The average molecular weight is 243 g/mol. The Morgan fingerprint density at radius 3 is 2.50 bits per heavy atom. The molecule has 0 aliphatic heterocycles. The Hall–Kier alpha value is -2.10. The highest BCUT2D eigenvalue weighted by Crippen LogP contribution is 2.21. The number of aromatic nitrogens is 2. The third kappa shape index (κ3) is 2.77. The van der Waals surface area contributed by atoms with Crippen LogP contribution in [-0.4, -0.2) is 15.9 Å². The van der Waals surface area contributed by atoms with Gasteiger partial charge in [-0.3, -0.25) is 4.79 Å². The molecule has 0 unspecified atom stereocenters. The Morgan fingerprint density at radius 2 is 1.94 bits per heavy atom. The summed E-state index contributed by atoms with van der Waals surface area (Å²) in [7, 11) is 0. The summed E-state index contributed by atoms with van der Waals surface area (Å²) in [6.45, 7) is 6.06. The van der Waals surface area contributed by atoms with E-state index < -0.39 is 0 Å². The maximum absolute atomic E-state index is 11.9. The fraction of sp³-hybridized carbons (Fsp3) is 0.286. The van der Waals surface area contributed by atoms with E-state index in [9.17, 15) is 4.79 Å². The van der Waals surface area contributed by atoms with Crippen molar-refractivity contribution in [3.63, 3.8) is 0 Å². The van der Waals surface area contributed by atoms with Crippen LogP contribution in [0.2, 0.25) is 0 Å². The monoisotopic (exact) mass is 243 g/mol. The van der Waals surface area contributed by atoms with Gasteiger partial charge in [-0.05, 0) is 31.9 Å². The van der Waals surface area contributed by atoms with E-state index in [-0.39, 0.29) is 5.91 Å². The van der Waals surface area contributed by atoms with E-state index in [4.69, 9.17) is 0 Å². The van der Waals surface area contributed by atoms with Crippen molar-refractivity contribution in [1.29, 1.82) is 0 Å². The standard InChI is InChI=1S/C14H17N3O/c1-9-4-10(2)14(11(3)5-9)17-13(18)6-12-7-15-8-16-12/h4-5,7-8H,6H2,1-3H3,(H,15,16)(H,17,18). The average Bonchev–Trinajstić information content (AvgIpc) is 2.76. The molecule has 2 N–H and O–H groups in total. The molecule has 0 fully saturated rings. The predicted molar refractivity (Wildman–Crippen MR) is 71.6 cm³/mol. The van der Waals surface area contributed by atoms with E-state index >= 15 is 0 Å². The van der Waals surface area contributed by atoms with Crippen LogP contribution in [0, 0.1) is 20.8 Å². The van der Waals surface area contributed by atoms with Crippen LogP contribution in [0.4, 0.5) is 5.69 Å². The molecule has 0 saturated carbocycles. The van der Waals surface area contributed by atoms with Crippen LogP contribution in [0.1, 0.15) is 22.4 Å². The minimum absolute atomic E-state index is 0.0331. The number of amides is 1. The van der Waals surface area contributed by atoms with Gasteiger partial charge < -0.3 is 10.3 Å². The van der Waals surface area contributed by atoms with Crippen molar-refractivity contribution in [3.8, 4) is 0 Å². The predicted octanol–water partition coefficient (Wildman–Crippen LogP) is 2.52. The van der Waals surface area contributed by atoms with Crippen LogP contribution < -0.4 is 5.32 Å². The molecule has 0 saturated heterocycles. The zero-order valence-electron chi connectivity index (χ0n) is 10.9. The summed E-state index contributed by atoms with van der Waals surface area (Å²) in [5, 5.41) is 2.96. The molecular weight excluding hydrogens is 226 g/mol. The van der Waals surface area contributed by atoms with Gasteiger partial charge in [-0.25, -0.2) is 4.98 Å². The number of benzene rings is 1. The molecule has 1 heterocycles. The molecule has 2 rings (SSSR count). The molecule has 0 radical (unpaired) electrons. The van der Waals surface area contributed by atoms with Crippen molar-refractivity contribution in [1.82, 2.24) is 9.97 Å². The van der Waals surface area contributed by atoms with Crippen LogP contribution >= 0.6 is 0 Å². The van der Waals surface area contributed by atoms with Crippen molar-refractivity contribution in [3.05, 3.63) is 47.0 Å². The number of carbonyl (C=O) groups excluding carboxylic acids is 1. The van der Waals surface area contributed by atoms with Gasteiger partial charge in [0.1, 0.15) is 0 Å². The highest BCUT2D eigenvalue weighted by molar-refractivity contribution is 5.93. The summed E-state index contributed by atoms with van der Waals surface area (Å²) in [5.74, 6) is -0.0331. The molecule has 4 nitrogen and oxygen atoms in total. The maximum Gasteiger partial charge on any atom is 0.230 e. The van der Waals surface area contributed by atoms with Gasteiger partial charge in [0.25, 0.3) is 0 Å². The summed E-state index contributed by atoms with van der Waals surface area (Å²) in [6.07, 6.45) is 3.55. The number of nitrogens with one attached hydrogen (secondary N) is 2. The Kier molecular flexibility index (Phi) is 3.46. The summed E-state index contributed by atoms with van der Waals surface area (Å²) in [5.41, 5.74) is 5.10. The van der Waals surface area contributed by atoms with E-state index in [1.165, 1.54) is 5.56 Å². The molecule has 18 heavy (non-hydrogen) atoms. The van der Waals surface area contributed by atoms with Crippen molar-refractivity contribution < 1.29 is 4.79 Å². The Labute approximate surface area is 106 Å². The van der Waals surface area contributed by atoms with Gasteiger partial charge in [0.15, 0.2) is 0 Å². The third-order valence-corrected chi connectivity index (χ3v) is 2.85. The number of anilines is 1. The van der Waals surface area contributed by atoms with Crippen LogP contribution in [0.15, 0.2) is 24.7 Å². The first-order valence-corrected chi connectivity index (χ1v) is 5.91. The number of hydrogen-bond acceptors (Lipinski definition) is 2. The van der Waals surface area contributed by atoms with Gasteiger partial charge in [-0.15, -0.1) is 0 Å². The fourth-order valence-corrected chi connectivity index (χ4v) is 2.12. The summed E-state index contributed by atoms with van der Waals surface area (Å²) >= 11 is 0. The van der Waals surface area contributed by atoms with E-state index in [0.29, 0.717) is 6.42 Å². The van der Waals surface area contributed by atoms with Gasteiger partial charge in [-0.2, -0.15) is 0 Å². The molecule has 1 amide bonds. The van der Waals surface area contributed by atoms with Crippen LogP contribution in [0.3, 0.4) is 0 Å². The second kappa shape index (κ2) is 5.04. The Balaban J connectivity index is 2.12. The first kappa shape index (κ1) is 12.4. The summed E-state index contributed by atoms with van der Waals surface area (Å²) in [6, 6.07) is 4.14. The molecular formula is C14H17N3O. The van der Waals surface area contributed by atoms with Crippen molar-refractivity contribution in [2.24, 2.45) is 0 Å². The van der Waals surface area contributed by atoms with Gasteiger partial charge in [0, 0.05) is 17.6 Å². The molecule has 0 atom stereocenters. The molecule has 1 aromatic heterocycles. The zero-order chi connectivity index (χ0) is 13.1. The second-order valence-corrected chi connectivity index (χ2v) is 4.58. The number of hydrogen-bond donors (Lipinski definition) is 2. The van der Waals surface area contributed by atoms with Gasteiger partial charge in [-0.1, -0.05) is 17.7 Å². The number of carbonyl (C=O) groups is 1. The second-order valence-electron chi connectivity index (χ2n) is 4.58. The minimum Gasteiger partial charge on any atom is -0.348 e. The lowest BCUT2D eigenvalue weighted by Gasteiger charge is -2.12. The lowest BCUT2D eigenvalue weighted by Crippen LogP contribution is -2.16. The number of imidazole rings is 1. The quantitative estimate of drug-likeness (QED) is 0.870. The molecule has 0 aliphatic rings. The molecule has 1 aromatic carbocycles. The van der Waals surface area contributed by atoms with Crippen molar-refractivity contribution in [2.75, 3.05) is 5.32 Å². The number of rotatable bonds is 3. The van der Waals surface area contributed by atoms with Crippen LogP contribution in [0.25, 0.3) is 0 Å². The number of nitrogens with zero attached hydrogens (tertiary/aromatic N) is 1. The van der Waals surface area contributed by atoms with Crippen molar-refractivity contribution in [2.45, 2.75) is 27.2 Å². The van der Waals surface area contributed by atoms with E-state index in [2.05, 4.69) is 34.3 Å². The normalized spacial score (nSPS) is 10.4. The SMILES string of the molecule is Cc1cc(C)c(NC(=O)Cc2cnc[nH]2)c(C)c1. The van der Waals surface area contributed by atoms with E-state index in [0.717, 1.165) is 22.5 Å². The van der Waals surface area contributed by atoms with Crippen molar-refractivity contribution >= 4 is 11.6 Å². The first-order chi connectivity index (χ1) is 8.56. The first-order valence-electron chi connectivity index (χ1n) is 5.91. The molecule has 2 aromatic rings. The van der Waals surface area contributed by atoms with Gasteiger partial charge >= 0.3 is 0 Å². The zero-order valence-corrected chi connectivity index (χ0v) is 10.9. The van der Waals surface area contributed by atoms with Gasteiger partial charge in [0.2, 0.25) is 5.91 Å². The molecule has 94 valence electrons. The summed E-state index contributed by atoms with van der Waals surface area (Å²) in [4.78, 5) is 18.7. The Bertz CT molecular complexity index is 535. The number of aromatic amines is 1. The number of H-pyrrole nitrogens is 1. The topological polar surface area (TPSA) is 57.8 Å². The third-order valence-electron chi connectivity index (χ3n) is 2.85.